The third kappa shape index (κ3) is 4.28. The van der Waals surface area contributed by atoms with Crippen molar-refractivity contribution in [3.8, 4) is 0 Å². The Bertz CT molecular complexity index is 555. The van der Waals surface area contributed by atoms with Crippen molar-refractivity contribution in [2.45, 2.75) is 49.9 Å². The van der Waals surface area contributed by atoms with Crippen LogP contribution in [0.15, 0.2) is 30.3 Å². The van der Waals surface area contributed by atoms with Gasteiger partial charge in [0.25, 0.3) is 0 Å². The largest absolute Gasteiger partial charge is 0.296 e. The van der Waals surface area contributed by atoms with E-state index in [1.165, 1.54) is 25.7 Å². The van der Waals surface area contributed by atoms with Gasteiger partial charge >= 0.3 is 0 Å². The van der Waals surface area contributed by atoms with E-state index >= 15 is 0 Å². The first-order chi connectivity index (χ1) is 10.1. The minimum atomic E-state index is -3.24. The molecule has 0 amide bonds. The van der Waals surface area contributed by atoms with Crippen LogP contribution in [0.5, 0.6) is 0 Å². The van der Waals surface area contributed by atoms with Gasteiger partial charge in [-0.3, -0.25) is 4.90 Å². The molecule has 1 aromatic rings. The highest BCUT2D eigenvalue weighted by atomic mass is 32.2. The molecule has 0 bridgehead atoms. The molecule has 5 heteroatoms. The van der Waals surface area contributed by atoms with Gasteiger partial charge in [0.1, 0.15) is 0 Å². The molecule has 1 atom stereocenters. The van der Waals surface area contributed by atoms with E-state index in [1.807, 2.05) is 30.3 Å². The Hall–Kier alpha value is -0.910. The number of nitrogens with zero attached hydrogens (tertiary/aromatic N) is 1. The van der Waals surface area contributed by atoms with E-state index in [9.17, 15) is 8.42 Å². The Kier molecular flexibility index (Phi) is 4.62. The van der Waals surface area contributed by atoms with Gasteiger partial charge in [-0.15, -0.1) is 0 Å². The molecule has 1 heterocycles. The van der Waals surface area contributed by atoms with Gasteiger partial charge in [-0.25, -0.2) is 13.1 Å². The monoisotopic (exact) mass is 308 g/mol. The van der Waals surface area contributed by atoms with Crippen molar-refractivity contribution in [2.75, 3.05) is 13.1 Å². The second kappa shape index (κ2) is 6.46. The molecule has 1 saturated carbocycles. The van der Waals surface area contributed by atoms with E-state index < -0.39 is 10.0 Å². The van der Waals surface area contributed by atoms with Gasteiger partial charge in [0.05, 0.1) is 5.75 Å². The molecule has 0 aromatic heterocycles. The van der Waals surface area contributed by atoms with E-state index in [-0.39, 0.29) is 5.75 Å². The van der Waals surface area contributed by atoms with Crippen molar-refractivity contribution in [2.24, 2.45) is 0 Å². The average Bonchev–Trinajstić information content (AvgIpc) is 3.31. The van der Waals surface area contributed by atoms with Crippen molar-refractivity contribution in [3.05, 3.63) is 35.9 Å². The number of sulfonamides is 1. The smallest absolute Gasteiger partial charge is 0.215 e. The topological polar surface area (TPSA) is 49.4 Å². The summed E-state index contributed by atoms with van der Waals surface area (Å²) in [6.07, 6.45) is 6.16. The van der Waals surface area contributed by atoms with E-state index in [4.69, 9.17) is 0 Å². The molecule has 1 N–H and O–H groups in total. The molecular formula is C16H24N2O2S. The minimum Gasteiger partial charge on any atom is -0.296 e. The molecule has 116 valence electrons. The molecule has 2 aliphatic rings. The normalized spacial score (nSPS) is 24.1. The Morgan fingerprint density at radius 1 is 1.10 bits per heavy atom. The molecule has 1 saturated heterocycles. The summed E-state index contributed by atoms with van der Waals surface area (Å²) in [6, 6.07) is 10.5. The Labute approximate surface area is 127 Å². The first kappa shape index (κ1) is 15.0. The van der Waals surface area contributed by atoms with E-state index in [0.717, 1.165) is 18.5 Å². The van der Waals surface area contributed by atoms with Gasteiger partial charge in [0.2, 0.25) is 10.0 Å². The highest BCUT2D eigenvalue weighted by Gasteiger charge is 2.35. The molecule has 4 nitrogen and oxygen atoms in total. The maximum absolute atomic E-state index is 12.2. The zero-order chi connectivity index (χ0) is 14.7. The molecule has 1 aliphatic carbocycles. The quantitative estimate of drug-likeness (QED) is 0.876. The number of hydrogen-bond acceptors (Lipinski definition) is 3. The molecule has 0 spiro atoms. The molecule has 3 rings (SSSR count). The summed E-state index contributed by atoms with van der Waals surface area (Å²) >= 11 is 0. The zero-order valence-electron chi connectivity index (χ0n) is 12.4. The lowest BCUT2D eigenvalue weighted by atomic mass is 10.0. The number of hydrogen-bond donors (Lipinski definition) is 1. The summed E-state index contributed by atoms with van der Waals surface area (Å²) in [5.74, 6) is 0.0734. The lowest BCUT2D eigenvalue weighted by Crippen LogP contribution is -2.47. The predicted octanol–water partition coefficient (Wildman–Crippen LogP) is 2.12. The predicted molar refractivity (Wildman–Crippen MR) is 84.4 cm³/mol. The summed E-state index contributed by atoms with van der Waals surface area (Å²) in [5.41, 5.74) is 0.840. The molecule has 2 fully saturated rings. The second-order valence-electron chi connectivity index (χ2n) is 6.21. The SMILES string of the molecule is O=S(=O)(Cc1ccccc1)NC[C@H]1CCCCN1C1CC1. The fourth-order valence-corrected chi connectivity index (χ4v) is 4.38. The maximum Gasteiger partial charge on any atom is 0.215 e. The molecule has 21 heavy (non-hydrogen) atoms. The molecule has 0 radical (unpaired) electrons. The Morgan fingerprint density at radius 2 is 1.86 bits per heavy atom. The zero-order valence-corrected chi connectivity index (χ0v) is 13.2. The van der Waals surface area contributed by atoms with Crippen LogP contribution in [-0.4, -0.2) is 38.5 Å². The van der Waals surface area contributed by atoms with Crippen LogP contribution >= 0.6 is 0 Å². The van der Waals surface area contributed by atoms with Gasteiger partial charge in [0.15, 0.2) is 0 Å². The van der Waals surface area contributed by atoms with Gasteiger partial charge in [-0.2, -0.15) is 0 Å². The molecular weight excluding hydrogens is 284 g/mol. The van der Waals surface area contributed by atoms with Crippen molar-refractivity contribution in [1.29, 1.82) is 0 Å². The standard InChI is InChI=1S/C16H24N2O2S/c19-21(20,13-14-6-2-1-3-7-14)17-12-16-8-4-5-11-18(16)15-9-10-15/h1-3,6-7,15-17H,4-5,8-13H2/t16-/m1/s1. The van der Waals surface area contributed by atoms with Crippen LogP contribution in [0.2, 0.25) is 0 Å². The summed E-state index contributed by atoms with van der Waals surface area (Å²) in [5, 5.41) is 0. The third-order valence-corrected chi connectivity index (χ3v) is 5.75. The van der Waals surface area contributed by atoms with Crippen LogP contribution in [0, 0.1) is 0 Å². The van der Waals surface area contributed by atoms with Gasteiger partial charge in [-0.05, 0) is 37.8 Å². The maximum atomic E-state index is 12.2. The average molecular weight is 308 g/mol. The Morgan fingerprint density at radius 3 is 2.57 bits per heavy atom. The number of likely N-dealkylation sites (tertiary alicyclic amines) is 1. The summed E-state index contributed by atoms with van der Waals surface area (Å²) in [7, 11) is -3.24. The number of piperidine rings is 1. The number of benzene rings is 1. The van der Waals surface area contributed by atoms with Crippen molar-refractivity contribution in [3.63, 3.8) is 0 Å². The molecule has 1 aliphatic heterocycles. The summed E-state index contributed by atoms with van der Waals surface area (Å²) < 4.78 is 27.2. The van der Waals surface area contributed by atoms with Crippen LogP contribution in [0.4, 0.5) is 0 Å². The molecule has 0 unspecified atom stereocenters. The van der Waals surface area contributed by atoms with E-state index in [2.05, 4.69) is 9.62 Å². The number of rotatable bonds is 6. The van der Waals surface area contributed by atoms with Crippen LogP contribution in [0.3, 0.4) is 0 Å². The first-order valence-electron chi connectivity index (χ1n) is 7.91. The highest BCUT2D eigenvalue weighted by Crippen LogP contribution is 2.32. The lowest BCUT2D eigenvalue weighted by molar-refractivity contribution is 0.141. The van der Waals surface area contributed by atoms with Crippen molar-refractivity contribution in [1.82, 2.24) is 9.62 Å². The number of nitrogens with one attached hydrogen (secondary N) is 1. The third-order valence-electron chi connectivity index (χ3n) is 4.43. The Balaban J connectivity index is 1.55. The second-order valence-corrected chi connectivity index (χ2v) is 8.02. The van der Waals surface area contributed by atoms with Gasteiger partial charge in [0, 0.05) is 18.6 Å². The fraction of sp³-hybridized carbons (Fsp3) is 0.625. The van der Waals surface area contributed by atoms with Crippen molar-refractivity contribution < 1.29 is 8.42 Å². The van der Waals surface area contributed by atoms with Gasteiger partial charge in [-0.1, -0.05) is 36.8 Å². The van der Waals surface area contributed by atoms with Crippen LogP contribution in [0.25, 0.3) is 0 Å². The minimum absolute atomic E-state index is 0.0734. The summed E-state index contributed by atoms with van der Waals surface area (Å²) in [4.78, 5) is 2.52. The van der Waals surface area contributed by atoms with E-state index in [1.54, 1.807) is 0 Å². The lowest BCUT2D eigenvalue weighted by Gasteiger charge is -2.35. The summed E-state index contributed by atoms with van der Waals surface area (Å²) in [6.45, 7) is 1.70. The van der Waals surface area contributed by atoms with Gasteiger partial charge < -0.3 is 0 Å². The van der Waals surface area contributed by atoms with E-state index in [0.29, 0.717) is 18.6 Å². The highest BCUT2D eigenvalue weighted by molar-refractivity contribution is 7.88. The van der Waals surface area contributed by atoms with Crippen molar-refractivity contribution >= 4 is 10.0 Å². The van der Waals surface area contributed by atoms with Crippen LogP contribution in [0.1, 0.15) is 37.7 Å². The molecule has 1 aromatic carbocycles. The first-order valence-corrected chi connectivity index (χ1v) is 9.56. The van der Waals surface area contributed by atoms with Crippen LogP contribution < -0.4 is 4.72 Å². The fourth-order valence-electron chi connectivity index (χ4n) is 3.20. The van der Waals surface area contributed by atoms with Crippen LogP contribution in [-0.2, 0) is 15.8 Å².